The molecule has 0 radical (unpaired) electrons. The largest absolute Gasteiger partial charge is 0.299 e. The van der Waals surface area contributed by atoms with E-state index >= 15 is 0 Å². The summed E-state index contributed by atoms with van der Waals surface area (Å²) >= 11 is 0. The minimum atomic E-state index is -0.0637. The Bertz CT molecular complexity index is 382. The van der Waals surface area contributed by atoms with E-state index in [1.54, 1.807) is 30.6 Å². The van der Waals surface area contributed by atoms with Crippen molar-refractivity contribution in [2.45, 2.75) is 0 Å². The van der Waals surface area contributed by atoms with E-state index in [4.69, 9.17) is 0 Å². The molecule has 0 fully saturated rings. The van der Waals surface area contributed by atoms with E-state index in [1.807, 2.05) is 24.3 Å². The second-order valence-corrected chi connectivity index (χ2v) is 2.87. The first-order chi connectivity index (χ1) is 6.88. The predicted octanol–water partition coefficient (Wildman–Crippen LogP) is 1.67. The van der Waals surface area contributed by atoms with Crippen LogP contribution in [-0.2, 0) is 0 Å². The van der Waals surface area contributed by atoms with Crippen LogP contribution in [0.1, 0.15) is 10.4 Å². The summed E-state index contributed by atoms with van der Waals surface area (Å²) in [6, 6.07) is 9.15. The first kappa shape index (κ1) is 8.56. The van der Waals surface area contributed by atoms with Crippen molar-refractivity contribution >= 4 is 5.91 Å². The molecule has 14 heavy (non-hydrogen) atoms. The van der Waals surface area contributed by atoms with Crippen molar-refractivity contribution < 1.29 is 4.79 Å². The Morgan fingerprint density at radius 2 is 1.93 bits per heavy atom. The van der Waals surface area contributed by atoms with E-state index in [2.05, 4.69) is 5.43 Å². The van der Waals surface area contributed by atoms with Crippen LogP contribution in [-0.4, -0.2) is 10.9 Å². The van der Waals surface area contributed by atoms with Gasteiger partial charge in [0.25, 0.3) is 5.91 Å². The molecule has 1 amide bonds. The molecule has 1 aliphatic heterocycles. The number of hydrogen-bond donors (Lipinski definition) is 1. The summed E-state index contributed by atoms with van der Waals surface area (Å²) in [6.45, 7) is 0. The molecule has 0 saturated heterocycles. The van der Waals surface area contributed by atoms with Gasteiger partial charge in [-0.15, -0.1) is 0 Å². The van der Waals surface area contributed by atoms with Gasteiger partial charge in [0.2, 0.25) is 0 Å². The quantitative estimate of drug-likeness (QED) is 0.723. The molecule has 0 saturated carbocycles. The van der Waals surface area contributed by atoms with Crippen LogP contribution in [0.5, 0.6) is 0 Å². The Labute approximate surface area is 82.3 Å². The van der Waals surface area contributed by atoms with Crippen molar-refractivity contribution in [1.82, 2.24) is 10.4 Å². The molecule has 1 aromatic rings. The molecular formula is C11H10N2O. The first-order valence-electron chi connectivity index (χ1n) is 4.36. The lowest BCUT2D eigenvalue weighted by molar-refractivity contribution is 0.0779. The summed E-state index contributed by atoms with van der Waals surface area (Å²) in [5.74, 6) is -0.0637. The monoisotopic (exact) mass is 186 g/mol. The van der Waals surface area contributed by atoms with Crippen LogP contribution in [0.2, 0.25) is 0 Å². The van der Waals surface area contributed by atoms with Crippen LogP contribution in [0.4, 0.5) is 0 Å². The maximum atomic E-state index is 11.8. The summed E-state index contributed by atoms with van der Waals surface area (Å²) in [6.07, 6.45) is 7.03. The average molecular weight is 186 g/mol. The summed E-state index contributed by atoms with van der Waals surface area (Å²) in [7, 11) is 0. The SMILES string of the molecule is O=C(c1ccccc1)N1C=CC=CN1. The van der Waals surface area contributed by atoms with Gasteiger partial charge in [0.15, 0.2) is 0 Å². The molecule has 2 rings (SSSR count). The highest BCUT2D eigenvalue weighted by atomic mass is 16.2. The van der Waals surface area contributed by atoms with E-state index in [0.29, 0.717) is 5.56 Å². The molecule has 1 N–H and O–H groups in total. The topological polar surface area (TPSA) is 32.3 Å². The minimum Gasteiger partial charge on any atom is -0.299 e. The molecule has 0 aliphatic carbocycles. The number of carbonyl (C=O) groups excluding carboxylic acids is 1. The van der Waals surface area contributed by atoms with Crippen molar-refractivity contribution in [3.05, 3.63) is 60.4 Å². The molecule has 0 aromatic heterocycles. The summed E-state index contributed by atoms with van der Waals surface area (Å²) in [5, 5.41) is 1.44. The molecule has 0 spiro atoms. The molecule has 1 heterocycles. The fourth-order valence-corrected chi connectivity index (χ4v) is 1.20. The van der Waals surface area contributed by atoms with Gasteiger partial charge in [-0.1, -0.05) is 18.2 Å². The molecule has 1 aromatic carbocycles. The number of rotatable bonds is 1. The standard InChI is InChI=1S/C11H10N2O/c14-11(10-6-2-1-3-7-10)13-9-5-4-8-12-13/h1-9,12H. The Hall–Kier alpha value is -2.03. The van der Waals surface area contributed by atoms with Gasteiger partial charge in [-0.2, -0.15) is 0 Å². The zero-order valence-electron chi connectivity index (χ0n) is 7.55. The maximum Gasteiger partial charge on any atom is 0.276 e. The van der Waals surface area contributed by atoms with E-state index in [0.717, 1.165) is 0 Å². The summed E-state index contributed by atoms with van der Waals surface area (Å²) in [5.41, 5.74) is 3.50. The van der Waals surface area contributed by atoms with Crippen LogP contribution in [0, 0.1) is 0 Å². The number of allylic oxidation sites excluding steroid dienone is 2. The van der Waals surface area contributed by atoms with Gasteiger partial charge in [0.05, 0.1) is 0 Å². The lowest BCUT2D eigenvalue weighted by Crippen LogP contribution is -2.36. The lowest BCUT2D eigenvalue weighted by atomic mass is 10.2. The summed E-state index contributed by atoms with van der Waals surface area (Å²) < 4.78 is 0. The van der Waals surface area contributed by atoms with Gasteiger partial charge < -0.3 is 0 Å². The second kappa shape index (κ2) is 3.79. The molecule has 3 nitrogen and oxygen atoms in total. The molecular weight excluding hydrogens is 176 g/mol. The highest BCUT2D eigenvalue weighted by Crippen LogP contribution is 2.04. The fourth-order valence-electron chi connectivity index (χ4n) is 1.20. The third-order valence-electron chi connectivity index (χ3n) is 1.90. The smallest absolute Gasteiger partial charge is 0.276 e. The van der Waals surface area contributed by atoms with Crippen LogP contribution >= 0.6 is 0 Å². The van der Waals surface area contributed by atoms with Gasteiger partial charge in [-0.3, -0.25) is 10.2 Å². The van der Waals surface area contributed by atoms with E-state index in [9.17, 15) is 4.79 Å². The zero-order valence-corrected chi connectivity index (χ0v) is 7.55. The summed E-state index contributed by atoms with van der Waals surface area (Å²) in [4.78, 5) is 11.8. The van der Waals surface area contributed by atoms with Gasteiger partial charge in [-0.25, -0.2) is 5.01 Å². The molecule has 70 valence electrons. The van der Waals surface area contributed by atoms with Crippen LogP contribution in [0.3, 0.4) is 0 Å². The lowest BCUT2D eigenvalue weighted by Gasteiger charge is -2.19. The molecule has 3 heteroatoms. The maximum absolute atomic E-state index is 11.8. The van der Waals surface area contributed by atoms with Crippen molar-refractivity contribution in [3.63, 3.8) is 0 Å². The highest BCUT2D eigenvalue weighted by molar-refractivity contribution is 5.94. The third kappa shape index (κ3) is 1.66. The normalized spacial score (nSPS) is 13.9. The first-order valence-corrected chi connectivity index (χ1v) is 4.36. The third-order valence-corrected chi connectivity index (χ3v) is 1.90. The predicted molar refractivity (Wildman–Crippen MR) is 54.0 cm³/mol. The number of amides is 1. The van der Waals surface area contributed by atoms with E-state index in [1.165, 1.54) is 5.01 Å². The van der Waals surface area contributed by atoms with Crippen LogP contribution < -0.4 is 5.43 Å². The van der Waals surface area contributed by atoms with Crippen molar-refractivity contribution in [1.29, 1.82) is 0 Å². The molecule has 0 atom stereocenters. The Balaban J connectivity index is 2.17. The highest BCUT2D eigenvalue weighted by Gasteiger charge is 2.11. The van der Waals surface area contributed by atoms with Gasteiger partial charge in [0.1, 0.15) is 0 Å². The van der Waals surface area contributed by atoms with E-state index in [-0.39, 0.29) is 5.91 Å². The van der Waals surface area contributed by atoms with Crippen molar-refractivity contribution in [3.8, 4) is 0 Å². The van der Waals surface area contributed by atoms with E-state index < -0.39 is 0 Å². The number of carbonyl (C=O) groups is 1. The number of hydrogen-bond acceptors (Lipinski definition) is 2. The zero-order chi connectivity index (χ0) is 9.80. The van der Waals surface area contributed by atoms with Crippen LogP contribution in [0.25, 0.3) is 0 Å². The molecule has 1 aliphatic rings. The number of benzene rings is 1. The van der Waals surface area contributed by atoms with Crippen LogP contribution in [0.15, 0.2) is 54.9 Å². The Kier molecular flexibility index (Phi) is 2.32. The molecule has 0 bridgehead atoms. The Morgan fingerprint density at radius 1 is 1.14 bits per heavy atom. The van der Waals surface area contributed by atoms with Gasteiger partial charge in [-0.05, 0) is 24.3 Å². The second-order valence-electron chi connectivity index (χ2n) is 2.87. The Morgan fingerprint density at radius 3 is 2.57 bits per heavy atom. The van der Waals surface area contributed by atoms with Crippen molar-refractivity contribution in [2.75, 3.05) is 0 Å². The number of hydrazine groups is 1. The number of nitrogens with zero attached hydrogens (tertiary/aromatic N) is 1. The van der Waals surface area contributed by atoms with Crippen molar-refractivity contribution in [2.24, 2.45) is 0 Å². The average Bonchev–Trinajstić information content (AvgIpc) is 2.30. The minimum absolute atomic E-state index is 0.0637. The molecule has 0 unspecified atom stereocenters. The van der Waals surface area contributed by atoms with Gasteiger partial charge >= 0.3 is 0 Å². The number of nitrogens with one attached hydrogen (secondary N) is 1. The fraction of sp³-hybridized carbons (Fsp3) is 0. The van der Waals surface area contributed by atoms with Gasteiger partial charge in [0, 0.05) is 18.0 Å².